The molecule has 0 saturated heterocycles. The van der Waals surface area contributed by atoms with Crippen molar-refractivity contribution in [3.63, 3.8) is 0 Å². The van der Waals surface area contributed by atoms with Gasteiger partial charge in [-0.2, -0.15) is 0 Å². The van der Waals surface area contributed by atoms with Crippen LogP contribution in [0.5, 0.6) is 0 Å². The molecule has 0 bridgehead atoms. The van der Waals surface area contributed by atoms with E-state index in [2.05, 4.69) is 0 Å². The molecule has 5 nitrogen and oxygen atoms in total. The monoisotopic (exact) mass is 267 g/mol. The molecule has 0 aromatic rings. The highest BCUT2D eigenvalue weighted by Crippen LogP contribution is 2.35. The summed E-state index contributed by atoms with van der Waals surface area (Å²) < 4.78 is 32.0. The maximum absolute atomic E-state index is 13.6. The van der Waals surface area contributed by atoms with E-state index < -0.39 is 35.5 Å². The van der Waals surface area contributed by atoms with E-state index in [0.29, 0.717) is 0 Å². The van der Waals surface area contributed by atoms with Crippen LogP contribution < -0.4 is 5.32 Å². The van der Waals surface area contributed by atoms with Crippen molar-refractivity contribution in [1.82, 2.24) is 5.32 Å². The van der Waals surface area contributed by atoms with E-state index >= 15 is 0 Å². The van der Waals surface area contributed by atoms with Crippen molar-refractivity contribution in [3.05, 3.63) is 0 Å². The molecule has 0 saturated carbocycles. The fourth-order valence-corrected chi connectivity index (χ4v) is 0.875. The highest BCUT2D eigenvalue weighted by Gasteiger charge is 2.52. The Morgan fingerprint density at radius 2 is 1.61 bits per heavy atom. The minimum atomic E-state index is -3.59. The van der Waals surface area contributed by atoms with Crippen LogP contribution in [0.2, 0.25) is 0 Å². The number of hydrogen-bond donors (Lipinski definition) is 2. The van der Waals surface area contributed by atoms with Crippen LogP contribution in [0, 0.1) is 5.41 Å². The maximum atomic E-state index is 13.6. The second-order valence-electron chi connectivity index (χ2n) is 5.49. The van der Waals surface area contributed by atoms with Gasteiger partial charge in [0.25, 0.3) is 5.92 Å². The summed E-state index contributed by atoms with van der Waals surface area (Å²) in [6.07, 6.45) is -1.01. The smallest absolute Gasteiger partial charge is 0.407 e. The average molecular weight is 267 g/mol. The normalized spacial score (nSPS) is 13.1. The van der Waals surface area contributed by atoms with Crippen LogP contribution in [-0.4, -0.2) is 35.2 Å². The topological polar surface area (TPSA) is 75.6 Å². The zero-order valence-corrected chi connectivity index (χ0v) is 11.1. The first-order valence-electron chi connectivity index (χ1n) is 5.38. The van der Waals surface area contributed by atoms with Gasteiger partial charge < -0.3 is 15.2 Å². The maximum Gasteiger partial charge on any atom is 0.407 e. The highest BCUT2D eigenvalue weighted by atomic mass is 19.3. The number of rotatable bonds is 4. The number of halogens is 2. The van der Waals surface area contributed by atoms with Gasteiger partial charge in [0.1, 0.15) is 11.0 Å². The number of carbonyl (C=O) groups is 2. The molecule has 0 spiro atoms. The Bertz CT molecular complexity index is 334. The fraction of sp³-hybridized carbons (Fsp3) is 0.818. The van der Waals surface area contributed by atoms with Crippen LogP contribution in [0.3, 0.4) is 0 Å². The third-order valence-corrected chi connectivity index (χ3v) is 2.30. The molecule has 0 aliphatic carbocycles. The largest absolute Gasteiger partial charge is 0.481 e. The number of aliphatic carboxylic acids is 1. The summed E-state index contributed by atoms with van der Waals surface area (Å²) in [6, 6.07) is 0. The van der Waals surface area contributed by atoms with E-state index in [9.17, 15) is 18.4 Å². The van der Waals surface area contributed by atoms with Crippen LogP contribution in [0.15, 0.2) is 0 Å². The molecule has 106 valence electrons. The summed E-state index contributed by atoms with van der Waals surface area (Å²) in [6.45, 7) is 5.46. The van der Waals surface area contributed by atoms with Crippen LogP contribution in [0.25, 0.3) is 0 Å². The Morgan fingerprint density at radius 3 is 1.94 bits per heavy atom. The van der Waals surface area contributed by atoms with E-state index in [1.54, 1.807) is 20.8 Å². The Hall–Kier alpha value is -1.40. The number of carboxylic acid groups (broad SMARTS) is 1. The molecule has 0 unspecified atom stereocenters. The van der Waals surface area contributed by atoms with Crippen LogP contribution in [-0.2, 0) is 9.53 Å². The number of alkyl halides is 2. The lowest BCUT2D eigenvalue weighted by Crippen LogP contribution is -2.50. The minimum absolute atomic E-state index is 0.804. The van der Waals surface area contributed by atoms with Gasteiger partial charge in [0, 0.05) is 0 Å². The van der Waals surface area contributed by atoms with E-state index in [0.717, 1.165) is 13.8 Å². The first kappa shape index (κ1) is 16.6. The molecule has 0 atom stereocenters. The molecule has 0 rings (SSSR count). The lowest BCUT2D eigenvalue weighted by atomic mass is 9.85. The summed E-state index contributed by atoms with van der Waals surface area (Å²) in [5.41, 5.74) is -3.08. The SMILES string of the molecule is CC(C)(C)OC(=O)NCC(F)(F)C(C)(C)C(=O)O. The molecular weight excluding hydrogens is 248 g/mol. The molecule has 0 aliphatic heterocycles. The van der Waals surface area contributed by atoms with Crippen molar-refractivity contribution in [2.24, 2.45) is 5.41 Å². The molecule has 0 heterocycles. The second kappa shape index (κ2) is 5.07. The molecule has 18 heavy (non-hydrogen) atoms. The van der Waals surface area contributed by atoms with Gasteiger partial charge in [-0.05, 0) is 34.6 Å². The predicted molar refractivity (Wildman–Crippen MR) is 60.6 cm³/mol. The molecule has 0 fully saturated rings. The van der Waals surface area contributed by atoms with Crippen LogP contribution >= 0.6 is 0 Å². The number of hydrogen-bond acceptors (Lipinski definition) is 3. The molecule has 0 aromatic heterocycles. The average Bonchev–Trinajstić information content (AvgIpc) is 2.11. The van der Waals surface area contributed by atoms with E-state index in [-0.39, 0.29) is 0 Å². The van der Waals surface area contributed by atoms with E-state index in [4.69, 9.17) is 9.84 Å². The van der Waals surface area contributed by atoms with Gasteiger partial charge in [-0.25, -0.2) is 13.6 Å². The Morgan fingerprint density at radius 1 is 1.17 bits per heavy atom. The predicted octanol–water partition coefficient (Wildman–Crippen LogP) is 2.26. The van der Waals surface area contributed by atoms with Gasteiger partial charge in [0.2, 0.25) is 0 Å². The summed E-state index contributed by atoms with van der Waals surface area (Å²) in [5.74, 6) is -5.23. The lowest BCUT2D eigenvalue weighted by molar-refractivity contribution is -0.171. The van der Waals surface area contributed by atoms with Crippen molar-refractivity contribution >= 4 is 12.1 Å². The third kappa shape index (κ3) is 4.46. The molecule has 1 amide bonds. The number of carbonyl (C=O) groups excluding carboxylic acids is 1. The van der Waals surface area contributed by atoms with Gasteiger partial charge in [0.05, 0.1) is 6.54 Å². The number of nitrogens with one attached hydrogen (secondary N) is 1. The quantitative estimate of drug-likeness (QED) is 0.819. The van der Waals surface area contributed by atoms with Crippen molar-refractivity contribution in [1.29, 1.82) is 0 Å². The summed E-state index contributed by atoms with van der Waals surface area (Å²) >= 11 is 0. The van der Waals surface area contributed by atoms with Crippen molar-refractivity contribution in [3.8, 4) is 0 Å². The van der Waals surface area contributed by atoms with Gasteiger partial charge in [-0.1, -0.05) is 0 Å². The molecular formula is C11H19F2NO4. The Balaban J connectivity index is 4.54. The van der Waals surface area contributed by atoms with Gasteiger partial charge in [-0.15, -0.1) is 0 Å². The Labute approximate surface area is 105 Å². The summed E-state index contributed by atoms with van der Waals surface area (Å²) in [5, 5.41) is 10.6. The van der Waals surface area contributed by atoms with E-state index in [1.807, 2.05) is 5.32 Å². The van der Waals surface area contributed by atoms with Crippen LogP contribution in [0.1, 0.15) is 34.6 Å². The lowest BCUT2D eigenvalue weighted by Gasteiger charge is -2.30. The van der Waals surface area contributed by atoms with Gasteiger partial charge in [-0.3, -0.25) is 4.79 Å². The van der Waals surface area contributed by atoms with Crippen molar-refractivity contribution in [2.75, 3.05) is 6.54 Å². The van der Waals surface area contributed by atoms with Crippen molar-refractivity contribution in [2.45, 2.75) is 46.1 Å². The summed E-state index contributed by atoms with van der Waals surface area (Å²) in [4.78, 5) is 21.9. The zero-order chi connectivity index (χ0) is 14.8. The van der Waals surface area contributed by atoms with Crippen LogP contribution in [0.4, 0.5) is 13.6 Å². The Kier molecular flexibility index (Phi) is 4.68. The first-order chi connectivity index (χ1) is 7.79. The molecule has 0 aliphatic rings. The van der Waals surface area contributed by atoms with Crippen molar-refractivity contribution < 1.29 is 28.2 Å². The third-order valence-electron chi connectivity index (χ3n) is 2.30. The fourth-order valence-electron chi connectivity index (χ4n) is 0.875. The molecule has 2 N–H and O–H groups in total. The number of alkyl carbamates (subject to hydrolysis) is 1. The molecule has 7 heteroatoms. The number of ether oxygens (including phenoxy) is 1. The zero-order valence-electron chi connectivity index (χ0n) is 11.1. The first-order valence-corrected chi connectivity index (χ1v) is 5.38. The highest BCUT2D eigenvalue weighted by molar-refractivity contribution is 5.75. The standard InChI is InChI=1S/C11H19F2NO4/c1-9(2,3)18-8(17)14-6-11(12,13)10(4,5)7(15)16/h6H2,1-5H3,(H,14,17)(H,15,16). The van der Waals surface area contributed by atoms with Gasteiger partial charge >= 0.3 is 12.1 Å². The number of amides is 1. The number of carboxylic acids is 1. The summed E-state index contributed by atoms with van der Waals surface area (Å²) in [7, 11) is 0. The molecule has 0 radical (unpaired) electrons. The van der Waals surface area contributed by atoms with Gasteiger partial charge in [0.15, 0.2) is 0 Å². The minimum Gasteiger partial charge on any atom is -0.481 e. The van der Waals surface area contributed by atoms with E-state index in [1.165, 1.54) is 0 Å². The molecule has 0 aromatic carbocycles. The second-order valence-corrected chi connectivity index (χ2v) is 5.49.